The molecule has 13 heavy (non-hydrogen) atoms. The molecule has 1 N–H and O–H groups in total. The van der Waals surface area contributed by atoms with Gasteiger partial charge in [0.15, 0.2) is 0 Å². The minimum Gasteiger partial charge on any atom is -0.395 e. The van der Waals surface area contributed by atoms with Gasteiger partial charge in [0.05, 0.1) is 6.61 Å². The Labute approximate surface area is 80.7 Å². The number of halogens is 1. The SMILES string of the molecule is CC.CC(C)N1C[C@H](F)C[C@H]1CO. The molecule has 1 aliphatic rings. The molecule has 1 fully saturated rings. The van der Waals surface area contributed by atoms with Gasteiger partial charge in [-0.3, -0.25) is 4.90 Å². The van der Waals surface area contributed by atoms with Crippen molar-refractivity contribution in [2.24, 2.45) is 0 Å². The maximum atomic E-state index is 12.8. The molecule has 3 heteroatoms. The van der Waals surface area contributed by atoms with Crippen LogP contribution in [0, 0.1) is 0 Å². The monoisotopic (exact) mass is 191 g/mol. The van der Waals surface area contributed by atoms with Crippen LogP contribution in [0.3, 0.4) is 0 Å². The fourth-order valence-corrected chi connectivity index (χ4v) is 1.69. The van der Waals surface area contributed by atoms with Gasteiger partial charge in [-0.25, -0.2) is 4.39 Å². The molecule has 0 aromatic carbocycles. The molecule has 0 spiro atoms. The van der Waals surface area contributed by atoms with Crippen LogP contribution in [0.2, 0.25) is 0 Å². The van der Waals surface area contributed by atoms with Crippen LogP contribution < -0.4 is 0 Å². The van der Waals surface area contributed by atoms with Crippen LogP contribution in [0.5, 0.6) is 0 Å². The van der Waals surface area contributed by atoms with Crippen LogP contribution in [-0.2, 0) is 0 Å². The van der Waals surface area contributed by atoms with Crippen molar-refractivity contribution in [1.82, 2.24) is 4.90 Å². The molecule has 0 radical (unpaired) electrons. The third-order valence-electron chi connectivity index (χ3n) is 2.28. The van der Waals surface area contributed by atoms with E-state index in [2.05, 4.69) is 0 Å². The van der Waals surface area contributed by atoms with E-state index in [1.165, 1.54) is 0 Å². The van der Waals surface area contributed by atoms with E-state index in [-0.39, 0.29) is 12.6 Å². The molecule has 0 aliphatic carbocycles. The van der Waals surface area contributed by atoms with Gasteiger partial charge in [-0.2, -0.15) is 0 Å². The fraction of sp³-hybridized carbons (Fsp3) is 1.00. The molecule has 0 aromatic rings. The summed E-state index contributed by atoms with van der Waals surface area (Å²) in [5.41, 5.74) is 0. The van der Waals surface area contributed by atoms with Crippen molar-refractivity contribution in [3.05, 3.63) is 0 Å². The van der Waals surface area contributed by atoms with E-state index < -0.39 is 6.17 Å². The first-order valence-electron chi connectivity index (χ1n) is 5.15. The van der Waals surface area contributed by atoms with Gasteiger partial charge >= 0.3 is 0 Å². The summed E-state index contributed by atoms with van der Waals surface area (Å²) in [5.74, 6) is 0. The number of likely N-dealkylation sites (tertiary alicyclic amines) is 1. The van der Waals surface area contributed by atoms with Crippen molar-refractivity contribution in [2.45, 2.75) is 52.4 Å². The van der Waals surface area contributed by atoms with Crippen LogP contribution in [0.1, 0.15) is 34.1 Å². The highest BCUT2D eigenvalue weighted by Gasteiger charge is 2.32. The molecular formula is C10H22FNO. The lowest BCUT2D eigenvalue weighted by molar-refractivity contribution is 0.132. The number of aliphatic hydroxyl groups is 1. The summed E-state index contributed by atoms with van der Waals surface area (Å²) in [5, 5.41) is 8.89. The van der Waals surface area contributed by atoms with Crippen LogP contribution in [0.25, 0.3) is 0 Å². The lowest BCUT2D eigenvalue weighted by atomic mass is 10.2. The normalized spacial score (nSPS) is 28.8. The highest BCUT2D eigenvalue weighted by Crippen LogP contribution is 2.21. The van der Waals surface area contributed by atoms with Gasteiger partial charge in [0.1, 0.15) is 6.17 Å². The first kappa shape index (κ1) is 12.8. The Hall–Kier alpha value is -0.150. The van der Waals surface area contributed by atoms with Crippen molar-refractivity contribution in [1.29, 1.82) is 0 Å². The molecule has 80 valence electrons. The van der Waals surface area contributed by atoms with E-state index in [0.29, 0.717) is 19.0 Å². The molecule has 1 saturated heterocycles. The van der Waals surface area contributed by atoms with Gasteiger partial charge in [0, 0.05) is 18.6 Å². The Bertz CT molecular complexity index is 130. The first-order chi connectivity index (χ1) is 6.15. The molecule has 1 aliphatic heterocycles. The fourth-order valence-electron chi connectivity index (χ4n) is 1.69. The molecular weight excluding hydrogens is 169 g/mol. The Morgan fingerprint density at radius 2 is 2.00 bits per heavy atom. The van der Waals surface area contributed by atoms with Gasteiger partial charge in [-0.05, 0) is 20.3 Å². The van der Waals surface area contributed by atoms with Crippen LogP contribution in [-0.4, -0.2) is 41.4 Å². The second-order valence-corrected chi connectivity index (χ2v) is 3.46. The van der Waals surface area contributed by atoms with E-state index in [0.717, 1.165) is 0 Å². The van der Waals surface area contributed by atoms with Crippen molar-refractivity contribution >= 4 is 0 Å². The van der Waals surface area contributed by atoms with E-state index in [9.17, 15) is 4.39 Å². The lowest BCUT2D eigenvalue weighted by Crippen LogP contribution is -2.37. The molecule has 1 heterocycles. The summed E-state index contributed by atoms with van der Waals surface area (Å²) in [7, 11) is 0. The molecule has 0 saturated carbocycles. The highest BCUT2D eigenvalue weighted by atomic mass is 19.1. The minimum atomic E-state index is -0.741. The number of hydrogen-bond acceptors (Lipinski definition) is 2. The molecule has 2 atom stereocenters. The Kier molecular flexibility index (Phi) is 6.25. The predicted molar refractivity (Wildman–Crippen MR) is 53.6 cm³/mol. The van der Waals surface area contributed by atoms with Crippen molar-refractivity contribution in [3.63, 3.8) is 0 Å². The van der Waals surface area contributed by atoms with E-state index in [4.69, 9.17) is 5.11 Å². The second-order valence-electron chi connectivity index (χ2n) is 3.46. The molecule has 0 bridgehead atoms. The molecule has 1 rings (SSSR count). The largest absolute Gasteiger partial charge is 0.395 e. The average Bonchev–Trinajstić information content (AvgIpc) is 2.50. The summed E-state index contributed by atoms with van der Waals surface area (Å²) >= 11 is 0. The van der Waals surface area contributed by atoms with E-state index >= 15 is 0 Å². The standard InChI is InChI=1S/C8H16FNO.C2H6/c1-6(2)10-4-7(9)3-8(10)5-11;1-2/h6-8,11H,3-5H2,1-2H3;1-2H3/t7-,8+;/m1./s1. The van der Waals surface area contributed by atoms with Gasteiger partial charge in [-0.15, -0.1) is 0 Å². The molecule has 0 aromatic heterocycles. The van der Waals surface area contributed by atoms with E-state index in [1.807, 2.05) is 32.6 Å². The number of rotatable bonds is 2. The van der Waals surface area contributed by atoms with Crippen molar-refractivity contribution in [3.8, 4) is 0 Å². The van der Waals surface area contributed by atoms with Gasteiger partial charge in [0.25, 0.3) is 0 Å². The lowest BCUT2D eigenvalue weighted by Gasteiger charge is -2.26. The average molecular weight is 191 g/mol. The minimum absolute atomic E-state index is 0.0463. The number of hydrogen-bond donors (Lipinski definition) is 1. The zero-order valence-corrected chi connectivity index (χ0v) is 9.13. The predicted octanol–water partition coefficient (Wildman–Crippen LogP) is 1.83. The summed E-state index contributed by atoms with van der Waals surface area (Å²) in [6.07, 6.45) is -0.246. The first-order valence-corrected chi connectivity index (χ1v) is 5.15. The number of alkyl halides is 1. The third-order valence-corrected chi connectivity index (χ3v) is 2.28. The van der Waals surface area contributed by atoms with Crippen LogP contribution in [0.4, 0.5) is 4.39 Å². The quantitative estimate of drug-likeness (QED) is 0.719. The Morgan fingerprint density at radius 3 is 2.31 bits per heavy atom. The maximum absolute atomic E-state index is 12.8. The summed E-state index contributed by atoms with van der Waals surface area (Å²) in [6, 6.07) is 0.387. The summed E-state index contributed by atoms with van der Waals surface area (Å²) in [6.45, 7) is 8.63. The number of nitrogens with zero attached hydrogens (tertiary/aromatic N) is 1. The molecule has 0 amide bonds. The Balaban J connectivity index is 0.000000671. The Morgan fingerprint density at radius 1 is 1.46 bits per heavy atom. The molecule has 2 nitrogen and oxygen atoms in total. The smallest absolute Gasteiger partial charge is 0.114 e. The van der Waals surface area contributed by atoms with Gasteiger partial charge < -0.3 is 5.11 Å². The van der Waals surface area contributed by atoms with Gasteiger partial charge in [0.2, 0.25) is 0 Å². The summed E-state index contributed by atoms with van der Waals surface area (Å²) < 4.78 is 12.8. The van der Waals surface area contributed by atoms with Crippen molar-refractivity contribution < 1.29 is 9.50 Å². The zero-order valence-electron chi connectivity index (χ0n) is 9.13. The maximum Gasteiger partial charge on any atom is 0.114 e. The van der Waals surface area contributed by atoms with Crippen molar-refractivity contribution in [2.75, 3.05) is 13.2 Å². The topological polar surface area (TPSA) is 23.5 Å². The second kappa shape index (κ2) is 6.33. The van der Waals surface area contributed by atoms with E-state index in [1.54, 1.807) is 0 Å². The van der Waals surface area contributed by atoms with Crippen LogP contribution >= 0.6 is 0 Å². The van der Waals surface area contributed by atoms with Gasteiger partial charge in [-0.1, -0.05) is 13.8 Å². The highest BCUT2D eigenvalue weighted by molar-refractivity contribution is 4.86. The zero-order chi connectivity index (χ0) is 10.4. The summed E-state index contributed by atoms with van der Waals surface area (Å²) in [4.78, 5) is 2.02. The number of aliphatic hydroxyl groups excluding tert-OH is 1. The molecule has 0 unspecified atom stereocenters. The van der Waals surface area contributed by atoms with Crippen LogP contribution in [0.15, 0.2) is 0 Å². The third kappa shape index (κ3) is 3.61.